The number of benzene rings is 7. The fourth-order valence-electron chi connectivity index (χ4n) is 6.89. The Morgan fingerprint density at radius 1 is 0.325 bits per heavy atom. The molecule has 2 heterocycles. The molecule has 0 spiro atoms. The Morgan fingerprint density at radius 2 is 0.800 bits per heavy atom. The molecule has 0 saturated heterocycles. The van der Waals surface area contributed by atoms with Gasteiger partial charge in [0.25, 0.3) is 0 Å². The molecule has 0 saturated carbocycles. The smallest absolute Gasteiger partial charge is 0.0627 e. The van der Waals surface area contributed by atoms with E-state index < -0.39 is 0 Å². The van der Waals surface area contributed by atoms with Gasteiger partial charge in [0.2, 0.25) is 0 Å². The van der Waals surface area contributed by atoms with Gasteiger partial charge in [-0.3, -0.25) is 0 Å². The Bertz CT molecular complexity index is 2420. The lowest BCUT2D eigenvalue weighted by Crippen LogP contribution is -1.97. The van der Waals surface area contributed by atoms with Crippen molar-refractivity contribution in [1.29, 1.82) is 0 Å². The van der Waals surface area contributed by atoms with Crippen molar-refractivity contribution >= 4 is 65.2 Å². The summed E-state index contributed by atoms with van der Waals surface area (Å²) in [6.07, 6.45) is 0. The third-order valence-electron chi connectivity index (χ3n) is 8.46. The molecular formula is C38H24N2. The molecule has 0 aliphatic rings. The molecule has 0 radical (unpaired) electrons. The predicted molar refractivity (Wildman–Crippen MR) is 170 cm³/mol. The van der Waals surface area contributed by atoms with E-state index in [2.05, 4.69) is 155 Å². The Labute approximate surface area is 230 Å². The van der Waals surface area contributed by atoms with Crippen LogP contribution in [-0.4, -0.2) is 9.13 Å². The van der Waals surface area contributed by atoms with Crippen molar-refractivity contribution < 1.29 is 0 Å². The van der Waals surface area contributed by atoms with E-state index in [1.807, 2.05) is 0 Å². The minimum Gasteiger partial charge on any atom is -0.309 e. The van der Waals surface area contributed by atoms with Crippen molar-refractivity contribution in [1.82, 2.24) is 9.13 Å². The van der Waals surface area contributed by atoms with Gasteiger partial charge in [-0.1, -0.05) is 115 Å². The molecule has 0 unspecified atom stereocenters. The highest BCUT2D eigenvalue weighted by molar-refractivity contribution is 6.37. The van der Waals surface area contributed by atoms with Gasteiger partial charge >= 0.3 is 0 Å². The fourth-order valence-corrected chi connectivity index (χ4v) is 6.89. The molecule has 0 bridgehead atoms. The third kappa shape index (κ3) is 2.77. The Balaban J connectivity index is 1.63. The SMILES string of the molecule is c1ccc(-n2c3ccccc3c3c4c5ccccc5n(-c5cccc6ccccc56)c4c4ccccc4c32)cc1. The molecule has 40 heavy (non-hydrogen) atoms. The molecule has 9 aromatic rings. The largest absolute Gasteiger partial charge is 0.309 e. The summed E-state index contributed by atoms with van der Waals surface area (Å²) < 4.78 is 4.96. The molecule has 0 aliphatic heterocycles. The number of hydrogen-bond acceptors (Lipinski definition) is 0. The monoisotopic (exact) mass is 508 g/mol. The lowest BCUT2D eigenvalue weighted by atomic mass is 9.99. The third-order valence-corrected chi connectivity index (χ3v) is 8.46. The minimum atomic E-state index is 1.18. The van der Waals surface area contributed by atoms with Gasteiger partial charge < -0.3 is 9.13 Å². The Hall–Kier alpha value is -5.34. The average molecular weight is 509 g/mol. The molecule has 9 rings (SSSR count). The number of nitrogens with zero attached hydrogens (tertiary/aromatic N) is 2. The van der Waals surface area contributed by atoms with Crippen molar-refractivity contribution in [2.75, 3.05) is 0 Å². The molecular weight excluding hydrogens is 484 g/mol. The van der Waals surface area contributed by atoms with Crippen LogP contribution in [0.2, 0.25) is 0 Å². The highest BCUT2D eigenvalue weighted by atomic mass is 15.0. The van der Waals surface area contributed by atoms with Crippen LogP contribution in [0.4, 0.5) is 0 Å². The lowest BCUT2D eigenvalue weighted by Gasteiger charge is -2.14. The first-order chi connectivity index (χ1) is 19.9. The van der Waals surface area contributed by atoms with E-state index in [0.717, 1.165) is 0 Å². The van der Waals surface area contributed by atoms with Crippen LogP contribution in [0.15, 0.2) is 146 Å². The summed E-state index contributed by atoms with van der Waals surface area (Å²) in [7, 11) is 0. The van der Waals surface area contributed by atoms with Gasteiger partial charge in [0.1, 0.15) is 0 Å². The molecule has 7 aromatic carbocycles. The molecule has 2 aromatic heterocycles. The zero-order chi connectivity index (χ0) is 26.2. The van der Waals surface area contributed by atoms with Crippen LogP contribution in [0.5, 0.6) is 0 Å². The van der Waals surface area contributed by atoms with Crippen LogP contribution < -0.4 is 0 Å². The molecule has 0 N–H and O–H groups in total. The molecule has 0 fully saturated rings. The first-order valence-electron chi connectivity index (χ1n) is 13.8. The summed E-state index contributed by atoms with van der Waals surface area (Å²) in [5, 5.41) is 10.2. The molecule has 0 atom stereocenters. The minimum absolute atomic E-state index is 1.18. The summed E-state index contributed by atoms with van der Waals surface area (Å²) in [6.45, 7) is 0. The fraction of sp³-hybridized carbons (Fsp3) is 0. The van der Waals surface area contributed by atoms with Crippen LogP contribution in [-0.2, 0) is 0 Å². The summed E-state index contributed by atoms with van der Waals surface area (Å²) in [6, 6.07) is 52.8. The highest BCUT2D eigenvalue weighted by Crippen LogP contribution is 2.47. The van der Waals surface area contributed by atoms with E-state index >= 15 is 0 Å². The van der Waals surface area contributed by atoms with Crippen LogP contribution in [0.3, 0.4) is 0 Å². The number of para-hydroxylation sites is 3. The van der Waals surface area contributed by atoms with Crippen molar-refractivity contribution in [3.63, 3.8) is 0 Å². The summed E-state index contributed by atoms with van der Waals surface area (Å²) >= 11 is 0. The van der Waals surface area contributed by atoms with E-state index in [1.54, 1.807) is 0 Å². The molecule has 0 aliphatic carbocycles. The van der Waals surface area contributed by atoms with Crippen LogP contribution in [0.1, 0.15) is 0 Å². The van der Waals surface area contributed by atoms with E-state index in [9.17, 15) is 0 Å². The van der Waals surface area contributed by atoms with Gasteiger partial charge in [-0.15, -0.1) is 0 Å². The van der Waals surface area contributed by atoms with E-state index in [0.29, 0.717) is 0 Å². The maximum atomic E-state index is 2.50. The first kappa shape index (κ1) is 21.6. The molecule has 0 amide bonds. The maximum Gasteiger partial charge on any atom is 0.0627 e. The second-order valence-electron chi connectivity index (χ2n) is 10.5. The second kappa shape index (κ2) is 8.08. The zero-order valence-electron chi connectivity index (χ0n) is 21.8. The average Bonchev–Trinajstić information content (AvgIpc) is 3.55. The second-order valence-corrected chi connectivity index (χ2v) is 10.5. The van der Waals surface area contributed by atoms with Crippen LogP contribution in [0, 0.1) is 0 Å². The lowest BCUT2D eigenvalue weighted by molar-refractivity contribution is 1.18. The van der Waals surface area contributed by atoms with Gasteiger partial charge in [0.15, 0.2) is 0 Å². The van der Waals surface area contributed by atoms with Crippen molar-refractivity contribution in [3.8, 4) is 11.4 Å². The van der Waals surface area contributed by atoms with E-state index in [4.69, 9.17) is 0 Å². The van der Waals surface area contributed by atoms with Crippen molar-refractivity contribution in [2.45, 2.75) is 0 Å². The van der Waals surface area contributed by atoms with Crippen molar-refractivity contribution in [2.24, 2.45) is 0 Å². The van der Waals surface area contributed by atoms with Gasteiger partial charge in [-0.25, -0.2) is 0 Å². The molecule has 2 nitrogen and oxygen atoms in total. The Morgan fingerprint density at radius 3 is 1.48 bits per heavy atom. The maximum absolute atomic E-state index is 2.50. The van der Waals surface area contributed by atoms with Gasteiger partial charge in [-0.05, 0) is 35.7 Å². The van der Waals surface area contributed by atoms with E-state index in [-0.39, 0.29) is 0 Å². The predicted octanol–water partition coefficient (Wildman–Crippen LogP) is 10.2. The topological polar surface area (TPSA) is 9.86 Å². The van der Waals surface area contributed by atoms with Gasteiger partial charge in [-0.2, -0.15) is 0 Å². The number of fused-ring (bicyclic) bond motifs is 11. The zero-order valence-corrected chi connectivity index (χ0v) is 21.8. The number of hydrogen-bond donors (Lipinski definition) is 0. The van der Waals surface area contributed by atoms with Crippen LogP contribution in [0.25, 0.3) is 76.5 Å². The quantitative estimate of drug-likeness (QED) is 0.220. The summed E-state index contributed by atoms with van der Waals surface area (Å²) in [5.74, 6) is 0. The summed E-state index contributed by atoms with van der Waals surface area (Å²) in [4.78, 5) is 0. The van der Waals surface area contributed by atoms with Gasteiger partial charge in [0, 0.05) is 43.4 Å². The van der Waals surface area contributed by atoms with Crippen LogP contribution >= 0.6 is 0 Å². The standard InChI is InChI=1S/C38H24N2/c1-2-15-26(16-3-1)39-33-22-10-8-20-30(33)35-36-31-21-9-11-23-34(31)40(32-24-12-14-25-13-4-5-17-27(25)32)38(36)29-19-7-6-18-28(29)37(35)39/h1-24H. The first-order valence-corrected chi connectivity index (χ1v) is 13.8. The number of aromatic nitrogens is 2. The van der Waals surface area contributed by atoms with E-state index in [1.165, 1.54) is 76.5 Å². The van der Waals surface area contributed by atoms with Gasteiger partial charge in [0.05, 0.1) is 27.8 Å². The molecule has 2 heteroatoms. The molecule has 186 valence electrons. The van der Waals surface area contributed by atoms with Crippen molar-refractivity contribution in [3.05, 3.63) is 146 Å². The normalized spacial score (nSPS) is 12.0. The number of rotatable bonds is 2. The Kier molecular flexibility index (Phi) is 4.36. The summed E-state index contributed by atoms with van der Waals surface area (Å²) in [5.41, 5.74) is 7.36. The highest BCUT2D eigenvalue weighted by Gasteiger charge is 2.24.